The average Bonchev–Trinajstić information content (AvgIpc) is 3.36. The van der Waals surface area contributed by atoms with Crippen LogP contribution in [-0.4, -0.2) is 27.2 Å². The van der Waals surface area contributed by atoms with Gasteiger partial charge in [0.15, 0.2) is 0 Å². The van der Waals surface area contributed by atoms with Crippen molar-refractivity contribution in [2.24, 2.45) is 18.4 Å². The fraction of sp³-hybridized carbons (Fsp3) is 0.533. The van der Waals surface area contributed by atoms with Gasteiger partial charge in [-0.2, -0.15) is 5.10 Å². The summed E-state index contributed by atoms with van der Waals surface area (Å²) in [4.78, 5) is 27.6. The number of aromatic amines is 1. The van der Waals surface area contributed by atoms with Gasteiger partial charge in [-0.3, -0.25) is 14.3 Å². The number of amides is 1. The summed E-state index contributed by atoms with van der Waals surface area (Å²) in [7, 11) is 1.75. The van der Waals surface area contributed by atoms with Gasteiger partial charge in [-0.15, -0.1) is 0 Å². The van der Waals surface area contributed by atoms with Crippen LogP contribution in [0.3, 0.4) is 0 Å². The molecule has 1 amide bonds. The number of rotatable bonds is 4. The smallest absolute Gasteiger partial charge is 0.256 e. The van der Waals surface area contributed by atoms with Gasteiger partial charge in [-0.1, -0.05) is 0 Å². The molecule has 110 valence electrons. The van der Waals surface area contributed by atoms with Crippen molar-refractivity contribution in [2.75, 3.05) is 6.54 Å². The first kappa shape index (κ1) is 12.6. The van der Waals surface area contributed by atoms with Crippen molar-refractivity contribution in [3.8, 4) is 0 Å². The lowest BCUT2D eigenvalue weighted by Crippen LogP contribution is -2.34. The normalized spacial score (nSPS) is 19.7. The lowest BCUT2D eigenvalue weighted by atomic mass is 10.0. The second kappa shape index (κ2) is 4.19. The van der Waals surface area contributed by atoms with Crippen LogP contribution >= 0.6 is 0 Å². The zero-order valence-electron chi connectivity index (χ0n) is 12.0. The van der Waals surface area contributed by atoms with Crippen LogP contribution in [0.5, 0.6) is 0 Å². The second-order valence-electron chi connectivity index (χ2n) is 6.38. The average molecular weight is 286 g/mol. The van der Waals surface area contributed by atoms with Crippen LogP contribution in [0.1, 0.15) is 36.0 Å². The van der Waals surface area contributed by atoms with E-state index in [0.29, 0.717) is 23.0 Å². The minimum Gasteiger partial charge on any atom is -0.351 e. The molecule has 0 unspecified atom stereocenters. The fourth-order valence-corrected chi connectivity index (χ4v) is 3.23. The van der Waals surface area contributed by atoms with E-state index in [0.717, 1.165) is 5.92 Å². The summed E-state index contributed by atoms with van der Waals surface area (Å²) in [5.74, 6) is 0.505. The first-order valence-electron chi connectivity index (χ1n) is 7.42. The molecule has 4 rings (SSSR count). The standard InChI is InChI=1S/C15H18N4O2/c1-19-13-10(7-18-19)12(20)11(6-16-13)14(21)17-8-15(4-5-15)9-2-3-9/h6-7,9H,2-5,8H2,1H3,(H,16,20)(H,17,21). The van der Waals surface area contributed by atoms with Crippen LogP contribution in [0.15, 0.2) is 17.2 Å². The highest BCUT2D eigenvalue weighted by Gasteiger charge is 2.53. The summed E-state index contributed by atoms with van der Waals surface area (Å²) >= 11 is 0. The monoisotopic (exact) mass is 286 g/mol. The molecule has 0 radical (unpaired) electrons. The summed E-state index contributed by atoms with van der Waals surface area (Å²) < 4.78 is 1.59. The number of carbonyl (C=O) groups excluding carboxylic acids is 1. The molecule has 2 aliphatic carbocycles. The molecule has 0 aromatic carbocycles. The number of hydrogen-bond donors (Lipinski definition) is 2. The van der Waals surface area contributed by atoms with Crippen molar-refractivity contribution >= 4 is 16.9 Å². The summed E-state index contributed by atoms with van der Waals surface area (Å²) in [5, 5.41) is 7.44. The molecule has 21 heavy (non-hydrogen) atoms. The van der Waals surface area contributed by atoms with E-state index >= 15 is 0 Å². The molecule has 2 aromatic rings. The number of carbonyl (C=O) groups is 1. The quantitative estimate of drug-likeness (QED) is 0.885. The topological polar surface area (TPSA) is 79.8 Å². The van der Waals surface area contributed by atoms with E-state index < -0.39 is 0 Å². The van der Waals surface area contributed by atoms with Crippen LogP contribution in [0, 0.1) is 11.3 Å². The Morgan fingerprint density at radius 2 is 2.29 bits per heavy atom. The number of H-pyrrole nitrogens is 1. The molecule has 0 bridgehead atoms. The van der Waals surface area contributed by atoms with Gasteiger partial charge in [-0.25, -0.2) is 0 Å². The lowest BCUT2D eigenvalue weighted by molar-refractivity contribution is 0.0941. The van der Waals surface area contributed by atoms with Gasteiger partial charge in [-0.05, 0) is 37.0 Å². The van der Waals surface area contributed by atoms with Gasteiger partial charge in [0.2, 0.25) is 5.43 Å². The van der Waals surface area contributed by atoms with Gasteiger partial charge < -0.3 is 10.3 Å². The molecular weight excluding hydrogens is 268 g/mol. The number of aryl methyl sites for hydroxylation is 1. The van der Waals surface area contributed by atoms with E-state index in [1.807, 2.05) is 0 Å². The predicted molar refractivity (Wildman–Crippen MR) is 78.1 cm³/mol. The van der Waals surface area contributed by atoms with Crippen molar-refractivity contribution in [3.05, 3.63) is 28.2 Å². The summed E-state index contributed by atoms with van der Waals surface area (Å²) in [6.07, 6.45) is 7.97. The van der Waals surface area contributed by atoms with Crippen molar-refractivity contribution in [1.82, 2.24) is 20.1 Å². The molecule has 0 spiro atoms. The first-order valence-corrected chi connectivity index (χ1v) is 7.42. The lowest BCUT2D eigenvalue weighted by Gasteiger charge is -2.14. The van der Waals surface area contributed by atoms with E-state index in [1.165, 1.54) is 38.1 Å². The van der Waals surface area contributed by atoms with Gasteiger partial charge in [0, 0.05) is 19.8 Å². The Labute approximate surface area is 121 Å². The summed E-state index contributed by atoms with van der Waals surface area (Å²) in [5.41, 5.74) is 0.877. The fourth-order valence-electron chi connectivity index (χ4n) is 3.23. The van der Waals surface area contributed by atoms with Crippen LogP contribution in [0.2, 0.25) is 0 Å². The summed E-state index contributed by atoms with van der Waals surface area (Å²) in [6.45, 7) is 0.695. The van der Waals surface area contributed by atoms with Crippen LogP contribution in [-0.2, 0) is 7.05 Å². The van der Waals surface area contributed by atoms with Crippen molar-refractivity contribution < 1.29 is 4.79 Å². The highest BCUT2D eigenvalue weighted by molar-refractivity contribution is 5.96. The van der Waals surface area contributed by atoms with E-state index in [4.69, 9.17) is 0 Å². The highest BCUT2D eigenvalue weighted by Crippen LogP contribution is 2.60. The first-order chi connectivity index (χ1) is 10.1. The molecule has 2 aromatic heterocycles. The molecule has 6 nitrogen and oxygen atoms in total. The molecule has 2 saturated carbocycles. The van der Waals surface area contributed by atoms with E-state index in [2.05, 4.69) is 15.4 Å². The second-order valence-corrected chi connectivity index (χ2v) is 6.38. The Hall–Kier alpha value is -2.11. The molecule has 0 atom stereocenters. The number of aromatic nitrogens is 3. The number of nitrogens with one attached hydrogen (secondary N) is 2. The number of nitrogens with zero attached hydrogens (tertiary/aromatic N) is 2. The van der Waals surface area contributed by atoms with E-state index in [1.54, 1.807) is 11.7 Å². The minimum atomic E-state index is -0.283. The van der Waals surface area contributed by atoms with Crippen molar-refractivity contribution in [3.63, 3.8) is 0 Å². The van der Waals surface area contributed by atoms with E-state index in [-0.39, 0.29) is 16.9 Å². The van der Waals surface area contributed by atoms with E-state index in [9.17, 15) is 9.59 Å². The number of hydrogen-bond acceptors (Lipinski definition) is 3. The molecule has 2 fully saturated rings. The number of pyridine rings is 1. The molecule has 2 heterocycles. The largest absolute Gasteiger partial charge is 0.351 e. The van der Waals surface area contributed by atoms with Crippen LogP contribution in [0.25, 0.3) is 11.0 Å². The van der Waals surface area contributed by atoms with Gasteiger partial charge >= 0.3 is 0 Å². The Kier molecular flexibility index (Phi) is 2.52. The number of fused-ring (bicyclic) bond motifs is 1. The zero-order valence-corrected chi connectivity index (χ0v) is 12.0. The zero-order chi connectivity index (χ0) is 14.6. The third kappa shape index (κ3) is 1.97. The maximum Gasteiger partial charge on any atom is 0.256 e. The predicted octanol–water partition coefficient (Wildman–Crippen LogP) is 1.18. The Morgan fingerprint density at radius 3 is 2.95 bits per heavy atom. The van der Waals surface area contributed by atoms with Crippen molar-refractivity contribution in [2.45, 2.75) is 25.7 Å². The third-order valence-corrected chi connectivity index (χ3v) is 4.96. The van der Waals surface area contributed by atoms with Crippen LogP contribution in [0.4, 0.5) is 0 Å². The Morgan fingerprint density at radius 1 is 1.52 bits per heavy atom. The Balaban J connectivity index is 1.56. The van der Waals surface area contributed by atoms with Gasteiger partial charge in [0.05, 0.1) is 11.6 Å². The molecule has 6 heteroatoms. The maximum absolute atomic E-state index is 12.3. The van der Waals surface area contributed by atoms with Gasteiger partial charge in [0.25, 0.3) is 5.91 Å². The maximum atomic E-state index is 12.3. The minimum absolute atomic E-state index is 0.169. The SMILES string of the molecule is Cn1ncc2c(=O)c(C(=O)NCC3(C4CC4)CC3)c[nH]c21. The molecular formula is C15H18N4O2. The third-order valence-electron chi connectivity index (χ3n) is 4.96. The summed E-state index contributed by atoms with van der Waals surface area (Å²) in [6, 6.07) is 0. The molecule has 0 saturated heterocycles. The van der Waals surface area contributed by atoms with Gasteiger partial charge in [0.1, 0.15) is 11.2 Å². The highest BCUT2D eigenvalue weighted by atomic mass is 16.2. The Bertz CT molecular complexity index is 781. The molecule has 0 aliphatic heterocycles. The molecule has 2 N–H and O–H groups in total. The van der Waals surface area contributed by atoms with Crippen LogP contribution < -0.4 is 10.7 Å². The molecule has 2 aliphatic rings. The van der Waals surface area contributed by atoms with Crippen molar-refractivity contribution in [1.29, 1.82) is 0 Å².